The van der Waals surface area contributed by atoms with Gasteiger partial charge in [0.15, 0.2) is 0 Å². The molecule has 1 fully saturated rings. The van der Waals surface area contributed by atoms with Gasteiger partial charge < -0.3 is 4.99 Å². The van der Waals surface area contributed by atoms with E-state index in [2.05, 4.69) is 11.7 Å². The lowest BCUT2D eigenvalue weighted by molar-refractivity contribution is 0.565. The summed E-state index contributed by atoms with van der Waals surface area (Å²) in [6.07, 6.45) is 5.61. The highest BCUT2D eigenvalue weighted by atomic mass is 14.7. The zero-order valence-corrected chi connectivity index (χ0v) is 5.27. The molecule has 0 bridgehead atoms. The third-order valence-electron chi connectivity index (χ3n) is 1.86. The van der Waals surface area contributed by atoms with Crippen LogP contribution in [0.2, 0.25) is 0 Å². The maximum absolute atomic E-state index is 3.87. The Kier molecular flexibility index (Phi) is 2.07. The zero-order valence-electron chi connectivity index (χ0n) is 5.27. The van der Waals surface area contributed by atoms with Crippen molar-refractivity contribution in [3.05, 3.63) is 0 Å². The number of hydrogen-bond donors (Lipinski definition) is 0. The first-order chi connectivity index (χ1) is 3.93. The van der Waals surface area contributed by atoms with Gasteiger partial charge in [0.2, 0.25) is 0 Å². The minimum atomic E-state index is 0.882. The lowest BCUT2D eigenvalue weighted by atomic mass is 10.1. The molecule has 0 aliphatic heterocycles. The van der Waals surface area contributed by atoms with E-state index in [1.807, 2.05) is 0 Å². The van der Waals surface area contributed by atoms with Crippen molar-refractivity contribution in [2.24, 2.45) is 10.9 Å². The van der Waals surface area contributed by atoms with E-state index in [4.69, 9.17) is 0 Å². The zero-order chi connectivity index (χ0) is 5.82. The van der Waals surface area contributed by atoms with Crippen molar-refractivity contribution in [2.45, 2.75) is 25.7 Å². The molecule has 1 rings (SSSR count). The van der Waals surface area contributed by atoms with Crippen LogP contribution in [-0.2, 0) is 0 Å². The van der Waals surface area contributed by atoms with Crippen molar-refractivity contribution in [1.82, 2.24) is 0 Å². The summed E-state index contributed by atoms with van der Waals surface area (Å²) in [7, 11) is 0. The second-order valence-corrected chi connectivity index (χ2v) is 2.56. The van der Waals surface area contributed by atoms with E-state index in [1.165, 1.54) is 25.7 Å². The summed E-state index contributed by atoms with van der Waals surface area (Å²) in [4.78, 5) is 3.87. The molecule has 46 valence electrons. The fourth-order valence-corrected chi connectivity index (χ4v) is 1.38. The fourth-order valence-electron chi connectivity index (χ4n) is 1.38. The average molecular weight is 111 g/mol. The summed E-state index contributed by atoms with van der Waals surface area (Å²) < 4.78 is 0. The first-order valence-corrected chi connectivity index (χ1v) is 3.36. The molecule has 0 atom stereocenters. The smallest absolute Gasteiger partial charge is 0.0410 e. The van der Waals surface area contributed by atoms with Crippen LogP contribution in [0.4, 0.5) is 0 Å². The summed E-state index contributed by atoms with van der Waals surface area (Å²) in [6.45, 7) is 4.47. The molecule has 0 aromatic carbocycles. The molecule has 1 heteroatoms. The molecular formula is C7H13N. The molecule has 8 heavy (non-hydrogen) atoms. The van der Waals surface area contributed by atoms with Gasteiger partial charge in [0.05, 0.1) is 0 Å². The van der Waals surface area contributed by atoms with Crippen molar-refractivity contribution in [3.8, 4) is 0 Å². The van der Waals surface area contributed by atoms with Crippen LogP contribution in [0.1, 0.15) is 25.7 Å². The summed E-state index contributed by atoms with van der Waals surface area (Å²) in [6, 6.07) is 0. The van der Waals surface area contributed by atoms with Gasteiger partial charge in [0.1, 0.15) is 0 Å². The number of aliphatic imine (C=N–C) groups is 1. The maximum Gasteiger partial charge on any atom is 0.0410 e. The van der Waals surface area contributed by atoms with Crippen molar-refractivity contribution < 1.29 is 0 Å². The van der Waals surface area contributed by atoms with Gasteiger partial charge in [-0.3, -0.25) is 0 Å². The fraction of sp³-hybridized carbons (Fsp3) is 0.857. The second kappa shape index (κ2) is 2.85. The van der Waals surface area contributed by atoms with E-state index in [1.54, 1.807) is 0 Å². The van der Waals surface area contributed by atoms with E-state index in [9.17, 15) is 0 Å². The molecular weight excluding hydrogens is 98.1 g/mol. The van der Waals surface area contributed by atoms with Gasteiger partial charge in [-0.2, -0.15) is 0 Å². The Bertz CT molecular complexity index is 72.5. The Labute approximate surface area is 50.8 Å². The van der Waals surface area contributed by atoms with Crippen molar-refractivity contribution >= 4 is 6.72 Å². The van der Waals surface area contributed by atoms with E-state index in [0.717, 1.165) is 12.5 Å². The van der Waals surface area contributed by atoms with E-state index in [-0.39, 0.29) is 0 Å². The number of rotatable bonds is 2. The van der Waals surface area contributed by atoms with Gasteiger partial charge in [-0.1, -0.05) is 12.8 Å². The lowest BCUT2D eigenvalue weighted by Crippen LogP contribution is -1.95. The number of hydrogen-bond acceptors (Lipinski definition) is 1. The second-order valence-electron chi connectivity index (χ2n) is 2.56. The maximum atomic E-state index is 3.87. The SMILES string of the molecule is C=NCC1CCCC1. The van der Waals surface area contributed by atoms with Crippen LogP contribution in [-0.4, -0.2) is 13.3 Å². The Morgan fingerprint density at radius 1 is 1.38 bits per heavy atom. The molecule has 1 aliphatic carbocycles. The van der Waals surface area contributed by atoms with Crippen molar-refractivity contribution in [1.29, 1.82) is 0 Å². The summed E-state index contributed by atoms with van der Waals surface area (Å²) in [5, 5.41) is 0. The molecule has 0 aromatic heterocycles. The third kappa shape index (κ3) is 1.32. The molecule has 0 radical (unpaired) electrons. The molecule has 0 saturated heterocycles. The quantitative estimate of drug-likeness (QED) is 0.482. The molecule has 1 nitrogen and oxygen atoms in total. The van der Waals surface area contributed by atoms with Crippen LogP contribution in [0, 0.1) is 5.92 Å². The van der Waals surface area contributed by atoms with Gasteiger partial charge in [-0.05, 0) is 25.5 Å². The van der Waals surface area contributed by atoms with Crippen LogP contribution in [0.25, 0.3) is 0 Å². The minimum Gasteiger partial charge on any atom is -0.301 e. The molecule has 1 aliphatic rings. The molecule has 0 aromatic rings. The molecule has 0 amide bonds. The Morgan fingerprint density at radius 2 is 2.00 bits per heavy atom. The Morgan fingerprint density at radius 3 is 2.50 bits per heavy atom. The van der Waals surface area contributed by atoms with E-state index < -0.39 is 0 Å². The highest BCUT2D eigenvalue weighted by Crippen LogP contribution is 2.24. The normalized spacial score (nSPS) is 21.5. The molecule has 0 N–H and O–H groups in total. The Balaban J connectivity index is 2.14. The van der Waals surface area contributed by atoms with Crippen molar-refractivity contribution in [3.63, 3.8) is 0 Å². The standard InChI is InChI=1S/C7H13N/c1-8-6-7-4-2-3-5-7/h7H,1-6H2. The lowest BCUT2D eigenvalue weighted by Gasteiger charge is -2.00. The molecule has 0 unspecified atom stereocenters. The predicted octanol–water partition coefficient (Wildman–Crippen LogP) is 1.88. The Hall–Kier alpha value is -0.330. The van der Waals surface area contributed by atoms with Crippen LogP contribution >= 0.6 is 0 Å². The predicted molar refractivity (Wildman–Crippen MR) is 36.4 cm³/mol. The molecule has 1 saturated carbocycles. The highest BCUT2D eigenvalue weighted by molar-refractivity contribution is 5.23. The van der Waals surface area contributed by atoms with Crippen LogP contribution in [0.15, 0.2) is 4.99 Å². The largest absolute Gasteiger partial charge is 0.301 e. The van der Waals surface area contributed by atoms with Gasteiger partial charge in [0.25, 0.3) is 0 Å². The topological polar surface area (TPSA) is 12.4 Å². The van der Waals surface area contributed by atoms with Crippen molar-refractivity contribution in [2.75, 3.05) is 6.54 Å². The van der Waals surface area contributed by atoms with E-state index >= 15 is 0 Å². The van der Waals surface area contributed by atoms with Crippen LogP contribution < -0.4 is 0 Å². The molecule has 0 spiro atoms. The summed E-state index contributed by atoms with van der Waals surface area (Å²) >= 11 is 0. The summed E-state index contributed by atoms with van der Waals surface area (Å²) in [5.41, 5.74) is 0. The third-order valence-corrected chi connectivity index (χ3v) is 1.86. The van der Waals surface area contributed by atoms with Gasteiger partial charge in [-0.15, -0.1) is 0 Å². The summed E-state index contributed by atoms with van der Waals surface area (Å²) in [5.74, 6) is 0.882. The highest BCUT2D eigenvalue weighted by Gasteiger charge is 2.12. The van der Waals surface area contributed by atoms with Gasteiger partial charge in [0, 0.05) is 6.54 Å². The van der Waals surface area contributed by atoms with Gasteiger partial charge >= 0.3 is 0 Å². The minimum absolute atomic E-state index is 0.882. The first kappa shape index (κ1) is 5.80. The number of nitrogens with zero attached hydrogens (tertiary/aromatic N) is 1. The van der Waals surface area contributed by atoms with Gasteiger partial charge in [-0.25, -0.2) is 0 Å². The first-order valence-electron chi connectivity index (χ1n) is 3.36. The monoisotopic (exact) mass is 111 g/mol. The van der Waals surface area contributed by atoms with Crippen LogP contribution in [0.3, 0.4) is 0 Å². The van der Waals surface area contributed by atoms with Crippen LogP contribution in [0.5, 0.6) is 0 Å². The average Bonchev–Trinajstić information content (AvgIpc) is 2.19. The van der Waals surface area contributed by atoms with E-state index in [0.29, 0.717) is 0 Å². The molecule has 0 heterocycles.